The Morgan fingerprint density at radius 3 is 2.47 bits per heavy atom. The van der Waals surface area contributed by atoms with E-state index in [9.17, 15) is 0 Å². The molecule has 2 nitrogen and oxygen atoms in total. The van der Waals surface area contributed by atoms with E-state index >= 15 is 0 Å². The van der Waals surface area contributed by atoms with Crippen LogP contribution in [0.2, 0.25) is 0 Å². The van der Waals surface area contributed by atoms with Crippen molar-refractivity contribution in [3.05, 3.63) is 35.9 Å². The Morgan fingerprint density at radius 2 is 1.84 bits per heavy atom. The number of nitrogens with zero attached hydrogens (tertiary/aromatic N) is 1. The lowest BCUT2D eigenvalue weighted by Gasteiger charge is -2.53. The lowest BCUT2D eigenvalue weighted by Crippen LogP contribution is -2.64. The molecule has 3 heterocycles. The van der Waals surface area contributed by atoms with Crippen molar-refractivity contribution in [2.24, 2.45) is 5.92 Å². The largest absolute Gasteiger partial charge is 0.305 e. The highest BCUT2D eigenvalue weighted by Gasteiger charge is 2.60. The third kappa shape index (κ3) is 1.85. The van der Waals surface area contributed by atoms with Gasteiger partial charge in [-0.3, -0.25) is 4.90 Å². The predicted octanol–water partition coefficient (Wildman–Crippen LogP) is 2.96. The number of piperidine rings is 3. The first-order valence-electron chi connectivity index (χ1n) is 7.86. The van der Waals surface area contributed by atoms with Crippen molar-refractivity contribution < 1.29 is 0 Å². The summed E-state index contributed by atoms with van der Waals surface area (Å²) in [6.07, 6.45) is 5.65. The average Bonchev–Trinajstić information content (AvgIpc) is 3.25. The Labute approximate surface area is 116 Å². The molecule has 2 heteroatoms. The van der Waals surface area contributed by atoms with Crippen LogP contribution in [0, 0.1) is 5.92 Å². The van der Waals surface area contributed by atoms with Gasteiger partial charge < -0.3 is 5.32 Å². The molecular weight excluding hydrogens is 232 g/mol. The van der Waals surface area contributed by atoms with E-state index in [1.807, 2.05) is 0 Å². The van der Waals surface area contributed by atoms with Crippen molar-refractivity contribution in [3.8, 4) is 0 Å². The zero-order valence-corrected chi connectivity index (χ0v) is 11.8. The number of hydrogen-bond donors (Lipinski definition) is 1. The summed E-state index contributed by atoms with van der Waals surface area (Å²) in [7, 11) is 0. The van der Waals surface area contributed by atoms with Crippen LogP contribution in [0.1, 0.15) is 44.2 Å². The van der Waals surface area contributed by atoms with Crippen LogP contribution in [-0.4, -0.2) is 29.6 Å². The summed E-state index contributed by atoms with van der Waals surface area (Å²) in [6, 6.07) is 12.1. The summed E-state index contributed by atoms with van der Waals surface area (Å²) >= 11 is 0. The summed E-state index contributed by atoms with van der Waals surface area (Å²) in [5.74, 6) is 0.915. The minimum atomic E-state index is 0.476. The van der Waals surface area contributed by atoms with Crippen molar-refractivity contribution >= 4 is 0 Å². The number of hydrogen-bond acceptors (Lipinski definition) is 2. The molecule has 0 aromatic heterocycles. The Bertz CT molecular complexity index is 444. The molecule has 1 aromatic carbocycles. The molecule has 5 rings (SSSR count). The molecule has 1 aliphatic carbocycles. The molecular formula is C17H24N2. The Kier molecular flexibility index (Phi) is 2.71. The van der Waals surface area contributed by atoms with E-state index < -0.39 is 0 Å². The quantitative estimate of drug-likeness (QED) is 0.894. The minimum Gasteiger partial charge on any atom is -0.305 e. The van der Waals surface area contributed by atoms with E-state index in [1.54, 1.807) is 0 Å². The van der Waals surface area contributed by atoms with Crippen molar-refractivity contribution in [2.45, 2.75) is 50.2 Å². The summed E-state index contributed by atoms with van der Waals surface area (Å²) in [5.41, 5.74) is 1.97. The van der Waals surface area contributed by atoms with Crippen molar-refractivity contribution in [3.63, 3.8) is 0 Å². The standard InChI is InChI=1S/C17H24N2/c1-13(14-5-3-2-4-6-14)18-16-15-7-11-19(12-8-15)17(16)9-10-17/h2-6,13,15-16,18H,7-12H2,1H3/t13-,16-/m0/s1. The highest BCUT2D eigenvalue weighted by Crippen LogP contribution is 2.54. The van der Waals surface area contributed by atoms with Crippen LogP contribution >= 0.6 is 0 Å². The van der Waals surface area contributed by atoms with Crippen LogP contribution in [0.5, 0.6) is 0 Å². The van der Waals surface area contributed by atoms with E-state index in [0.717, 1.165) is 12.0 Å². The van der Waals surface area contributed by atoms with E-state index in [2.05, 4.69) is 47.5 Å². The van der Waals surface area contributed by atoms with Crippen LogP contribution in [0.4, 0.5) is 0 Å². The summed E-state index contributed by atoms with van der Waals surface area (Å²) in [4.78, 5) is 2.78. The number of rotatable bonds is 3. The maximum atomic E-state index is 3.98. The molecule has 1 N–H and O–H groups in total. The molecule has 3 aliphatic heterocycles. The molecule has 0 radical (unpaired) electrons. The number of benzene rings is 1. The SMILES string of the molecule is C[C@H](N[C@H]1C2CCN(CC2)C12CC2)c1ccccc1. The lowest BCUT2D eigenvalue weighted by molar-refractivity contribution is -0.00655. The fraction of sp³-hybridized carbons (Fsp3) is 0.647. The fourth-order valence-electron chi connectivity index (χ4n) is 4.47. The molecule has 102 valence electrons. The third-order valence-electron chi connectivity index (χ3n) is 5.71. The fourth-order valence-corrected chi connectivity index (χ4v) is 4.47. The van der Waals surface area contributed by atoms with Crippen LogP contribution in [0.3, 0.4) is 0 Å². The first-order valence-corrected chi connectivity index (χ1v) is 7.86. The van der Waals surface area contributed by atoms with Crippen LogP contribution < -0.4 is 5.32 Å². The summed E-state index contributed by atoms with van der Waals surface area (Å²) < 4.78 is 0. The first kappa shape index (κ1) is 11.9. The monoisotopic (exact) mass is 256 g/mol. The van der Waals surface area contributed by atoms with Gasteiger partial charge in [-0.25, -0.2) is 0 Å². The second-order valence-electron chi connectivity index (χ2n) is 6.70. The van der Waals surface area contributed by atoms with Crippen molar-refractivity contribution in [2.75, 3.05) is 13.1 Å². The second kappa shape index (κ2) is 4.32. The smallest absolute Gasteiger partial charge is 0.0366 e. The van der Waals surface area contributed by atoms with Gasteiger partial charge in [-0.1, -0.05) is 30.3 Å². The van der Waals surface area contributed by atoms with Gasteiger partial charge in [-0.15, -0.1) is 0 Å². The molecule has 0 amide bonds. The van der Waals surface area contributed by atoms with Gasteiger partial charge in [0, 0.05) is 17.6 Å². The maximum absolute atomic E-state index is 3.98. The van der Waals surface area contributed by atoms with E-state index in [-0.39, 0.29) is 0 Å². The summed E-state index contributed by atoms with van der Waals surface area (Å²) in [5, 5.41) is 3.98. The second-order valence-corrected chi connectivity index (χ2v) is 6.70. The van der Waals surface area contributed by atoms with Gasteiger partial charge in [0.2, 0.25) is 0 Å². The molecule has 4 aliphatic rings. The van der Waals surface area contributed by atoms with Crippen LogP contribution in [0.15, 0.2) is 30.3 Å². The molecule has 1 spiro atoms. The molecule has 4 fully saturated rings. The van der Waals surface area contributed by atoms with Crippen molar-refractivity contribution in [1.29, 1.82) is 0 Å². The molecule has 0 unspecified atom stereocenters. The zero-order valence-electron chi connectivity index (χ0n) is 11.8. The zero-order chi connectivity index (χ0) is 12.9. The van der Waals surface area contributed by atoms with Gasteiger partial charge in [-0.2, -0.15) is 0 Å². The van der Waals surface area contributed by atoms with Crippen molar-refractivity contribution in [1.82, 2.24) is 10.2 Å². The Hall–Kier alpha value is -0.860. The van der Waals surface area contributed by atoms with E-state index in [0.29, 0.717) is 11.6 Å². The molecule has 2 atom stereocenters. The molecule has 19 heavy (non-hydrogen) atoms. The topological polar surface area (TPSA) is 15.3 Å². The normalized spacial score (nSPS) is 36.4. The lowest BCUT2D eigenvalue weighted by atomic mass is 9.76. The van der Waals surface area contributed by atoms with Gasteiger partial charge in [0.05, 0.1) is 0 Å². The van der Waals surface area contributed by atoms with Gasteiger partial charge in [-0.05, 0) is 57.2 Å². The average molecular weight is 256 g/mol. The van der Waals surface area contributed by atoms with Gasteiger partial charge in [0.1, 0.15) is 0 Å². The molecule has 1 saturated carbocycles. The van der Waals surface area contributed by atoms with Crippen LogP contribution in [0.25, 0.3) is 0 Å². The number of nitrogens with one attached hydrogen (secondary N) is 1. The highest BCUT2D eigenvalue weighted by molar-refractivity contribution is 5.22. The predicted molar refractivity (Wildman–Crippen MR) is 78.0 cm³/mol. The number of fused-ring (bicyclic) bond motifs is 2. The van der Waals surface area contributed by atoms with E-state index in [4.69, 9.17) is 0 Å². The van der Waals surface area contributed by atoms with Gasteiger partial charge in [0.15, 0.2) is 0 Å². The van der Waals surface area contributed by atoms with Crippen LogP contribution in [-0.2, 0) is 0 Å². The maximum Gasteiger partial charge on any atom is 0.0366 e. The van der Waals surface area contributed by atoms with Gasteiger partial charge in [0.25, 0.3) is 0 Å². The minimum absolute atomic E-state index is 0.476. The molecule has 2 bridgehead atoms. The first-order chi connectivity index (χ1) is 9.29. The molecule has 3 saturated heterocycles. The summed E-state index contributed by atoms with van der Waals surface area (Å²) in [6.45, 7) is 5.02. The molecule has 1 aromatic rings. The Balaban J connectivity index is 1.53. The third-order valence-corrected chi connectivity index (χ3v) is 5.71. The highest BCUT2D eigenvalue weighted by atomic mass is 15.3. The Morgan fingerprint density at radius 1 is 1.16 bits per heavy atom. The van der Waals surface area contributed by atoms with E-state index in [1.165, 1.54) is 44.3 Å². The van der Waals surface area contributed by atoms with Gasteiger partial charge >= 0.3 is 0 Å².